The molecule has 4 atom stereocenters. The first-order chi connectivity index (χ1) is 22.4. The molecule has 4 unspecified atom stereocenters. The van der Waals surface area contributed by atoms with Gasteiger partial charge in [0.25, 0.3) is 5.91 Å². The van der Waals surface area contributed by atoms with Gasteiger partial charge in [0.2, 0.25) is 0 Å². The van der Waals surface area contributed by atoms with E-state index in [1.807, 2.05) is 31.2 Å². The van der Waals surface area contributed by atoms with Gasteiger partial charge in [-0.3, -0.25) is 9.69 Å². The predicted molar refractivity (Wildman–Crippen MR) is 179 cm³/mol. The number of ether oxygens (including phenoxy) is 5. The second kappa shape index (κ2) is 13.8. The Morgan fingerprint density at radius 2 is 1.35 bits per heavy atom. The van der Waals surface area contributed by atoms with E-state index in [0.717, 1.165) is 73.8 Å². The Morgan fingerprint density at radius 1 is 0.761 bits per heavy atom. The van der Waals surface area contributed by atoms with Gasteiger partial charge in [-0.1, -0.05) is 13.3 Å². The molecule has 8 heteroatoms. The molecule has 46 heavy (non-hydrogen) atoms. The van der Waals surface area contributed by atoms with Crippen LogP contribution in [0.25, 0.3) is 0 Å². The molecule has 0 aliphatic carbocycles. The number of fused-ring (bicyclic) bond motifs is 4. The Labute approximate surface area is 273 Å². The Kier molecular flexibility index (Phi) is 9.64. The van der Waals surface area contributed by atoms with Crippen molar-refractivity contribution in [1.82, 2.24) is 9.80 Å². The molecule has 0 spiro atoms. The Morgan fingerprint density at radius 3 is 1.96 bits per heavy atom. The number of methoxy groups -OCH3 is 4. The average molecular weight is 629 g/mol. The number of carbonyl (C=O) groups excluding carboxylic acids is 1. The minimum atomic E-state index is -0.0818. The largest absolute Gasteiger partial charge is 0.494 e. The van der Waals surface area contributed by atoms with Crippen LogP contribution in [0.4, 0.5) is 0 Å². The van der Waals surface area contributed by atoms with Gasteiger partial charge in [0.1, 0.15) is 5.75 Å². The first-order valence-electron chi connectivity index (χ1n) is 16.7. The maximum Gasteiger partial charge on any atom is 0.254 e. The van der Waals surface area contributed by atoms with Crippen LogP contribution in [-0.2, 0) is 12.8 Å². The van der Waals surface area contributed by atoms with Gasteiger partial charge in [-0.25, -0.2) is 0 Å². The molecule has 3 aliphatic rings. The highest BCUT2D eigenvalue weighted by Gasteiger charge is 2.42. The summed E-state index contributed by atoms with van der Waals surface area (Å²) in [4.78, 5) is 19.1. The van der Waals surface area contributed by atoms with E-state index in [0.29, 0.717) is 42.3 Å². The van der Waals surface area contributed by atoms with E-state index < -0.39 is 0 Å². The maximum atomic E-state index is 14.3. The van der Waals surface area contributed by atoms with E-state index in [4.69, 9.17) is 23.7 Å². The van der Waals surface area contributed by atoms with E-state index in [1.165, 1.54) is 16.7 Å². The monoisotopic (exact) mass is 628 g/mol. The van der Waals surface area contributed by atoms with Gasteiger partial charge in [0.05, 0.1) is 41.1 Å². The zero-order chi connectivity index (χ0) is 32.4. The molecule has 3 aromatic carbocycles. The van der Waals surface area contributed by atoms with Crippen LogP contribution in [0.3, 0.4) is 0 Å². The molecule has 8 nitrogen and oxygen atoms in total. The van der Waals surface area contributed by atoms with Crippen LogP contribution in [-0.4, -0.2) is 70.4 Å². The molecule has 1 fully saturated rings. The molecular formula is C38H48N2O6. The molecule has 3 aliphatic heterocycles. The van der Waals surface area contributed by atoms with Crippen molar-refractivity contribution in [2.24, 2.45) is 11.8 Å². The first-order valence-corrected chi connectivity index (χ1v) is 16.7. The molecule has 246 valence electrons. The fourth-order valence-corrected chi connectivity index (χ4v) is 8.09. The molecule has 0 saturated carbocycles. The van der Waals surface area contributed by atoms with Crippen LogP contribution in [0, 0.1) is 11.8 Å². The lowest BCUT2D eigenvalue weighted by molar-refractivity contribution is 0.0287. The average Bonchev–Trinajstić information content (AvgIpc) is 3.10. The van der Waals surface area contributed by atoms with Crippen molar-refractivity contribution in [1.29, 1.82) is 0 Å². The molecular weight excluding hydrogens is 580 g/mol. The topological polar surface area (TPSA) is 69.7 Å². The van der Waals surface area contributed by atoms with Gasteiger partial charge in [-0.2, -0.15) is 0 Å². The van der Waals surface area contributed by atoms with Crippen LogP contribution in [0.15, 0.2) is 48.5 Å². The summed E-state index contributed by atoms with van der Waals surface area (Å²) < 4.78 is 28.5. The molecule has 3 heterocycles. The predicted octanol–water partition coefficient (Wildman–Crippen LogP) is 6.89. The quantitative estimate of drug-likeness (QED) is 0.242. The molecule has 0 N–H and O–H groups in total. The third-order valence-electron chi connectivity index (χ3n) is 10.5. The summed E-state index contributed by atoms with van der Waals surface area (Å²) in [6.45, 7) is 7.62. The smallest absolute Gasteiger partial charge is 0.254 e. The molecule has 6 rings (SSSR count). The van der Waals surface area contributed by atoms with Crippen molar-refractivity contribution >= 4 is 5.91 Å². The third-order valence-corrected chi connectivity index (χ3v) is 10.5. The molecule has 0 bridgehead atoms. The van der Waals surface area contributed by atoms with Crippen LogP contribution in [0.5, 0.6) is 28.7 Å². The fraction of sp³-hybridized carbons (Fsp3) is 0.500. The second-order valence-electron chi connectivity index (χ2n) is 12.7. The molecule has 0 aromatic heterocycles. The van der Waals surface area contributed by atoms with Gasteiger partial charge in [0.15, 0.2) is 23.0 Å². The van der Waals surface area contributed by atoms with Gasteiger partial charge >= 0.3 is 0 Å². The summed E-state index contributed by atoms with van der Waals surface area (Å²) in [5, 5.41) is 0. The number of amides is 1. The highest BCUT2D eigenvalue weighted by molar-refractivity contribution is 5.95. The normalized spacial score (nSPS) is 22.3. The molecule has 0 radical (unpaired) electrons. The fourth-order valence-electron chi connectivity index (χ4n) is 8.09. The number of nitrogens with zero attached hydrogens (tertiary/aromatic N) is 2. The summed E-state index contributed by atoms with van der Waals surface area (Å²) >= 11 is 0. The van der Waals surface area contributed by atoms with E-state index in [2.05, 4.69) is 41.0 Å². The number of piperidine rings is 1. The van der Waals surface area contributed by atoms with E-state index in [1.54, 1.807) is 28.4 Å². The van der Waals surface area contributed by atoms with E-state index in [-0.39, 0.29) is 11.9 Å². The van der Waals surface area contributed by atoms with Gasteiger partial charge in [-0.05, 0) is 115 Å². The van der Waals surface area contributed by atoms with Gasteiger partial charge in [-0.15, -0.1) is 0 Å². The van der Waals surface area contributed by atoms with Crippen molar-refractivity contribution < 1.29 is 28.5 Å². The first kappa shape index (κ1) is 32.0. The highest BCUT2D eigenvalue weighted by atomic mass is 16.5. The Hall–Kier alpha value is -3.91. The second-order valence-corrected chi connectivity index (χ2v) is 12.7. The van der Waals surface area contributed by atoms with Crippen molar-refractivity contribution in [3.63, 3.8) is 0 Å². The van der Waals surface area contributed by atoms with Gasteiger partial charge in [0, 0.05) is 31.2 Å². The minimum Gasteiger partial charge on any atom is -0.494 e. The van der Waals surface area contributed by atoms with Crippen LogP contribution in [0.2, 0.25) is 0 Å². The Balaban J connectivity index is 1.36. The number of rotatable bonds is 10. The number of benzene rings is 3. The summed E-state index contributed by atoms with van der Waals surface area (Å²) in [6.07, 6.45) is 4.80. The number of hydrogen-bond donors (Lipinski definition) is 0. The lowest BCUT2D eigenvalue weighted by Gasteiger charge is -2.49. The lowest BCUT2D eigenvalue weighted by atomic mass is 9.72. The maximum absolute atomic E-state index is 14.3. The summed E-state index contributed by atoms with van der Waals surface area (Å²) in [6, 6.07) is 16.4. The third kappa shape index (κ3) is 5.99. The summed E-state index contributed by atoms with van der Waals surface area (Å²) in [5.41, 5.74) is 5.77. The van der Waals surface area contributed by atoms with Crippen molar-refractivity contribution in [2.45, 2.75) is 58.0 Å². The summed E-state index contributed by atoms with van der Waals surface area (Å²) in [5.74, 6) is 4.79. The minimum absolute atomic E-state index is 0.0545. The molecule has 1 amide bonds. The van der Waals surface area contributed by atoms with Crippen LogP contribution < -0.4 is 23.7 Å². The lowest BCUT2D eigenvalue weighted by Crippen LogP contribution is -2.47. The highest BCUT2D eigenvalue weighted by Crippen LogP contribution is 2.49. The van der Waals surface area contributed by atoms with E-state index in [9.17, 15) is 4.79 Å². The SMILES string of the molecule is CCOc1ccc(C(=O)N2CCc3cc(OC)c(OC)cc3C2CC2CC3c4cc(OC)c(OC)cc4CCN3CC2CC)cc1. The van der Waals surface area contributed by atoms with Gasteiger partial charge < -0.3 is 28.6 Å². The summed E-state index contributed by atoms with van der Waals surface area (Å²) in [7, 11) is 6.77. The molecule has 1 saturated heterocycles. The van der Waals surface area contributed by atoms with Crippen molar-refractivity contribution in [2.75, 3.05) is 54.7 Å². The Bertz CT molecular complexity index is 1540. The number of carbonyl (C=O) groups is 1. The van der Waals surface area contributed by atoms with Crippen LogP contribution >= 0.6 is 0 Å². The zero-order valence-corrected chi connectivity index (χ0v) is 28.1. The van der Waals surface area contributed by atoms with E-state index >= 15 is 0 Å². The van der Waals surface area contributed by atoms with Crippen LogP contribution in [0.1, 0.15) is 77.8 Å². The molecule has 3 aromatic rings. The standard InChI is InChI=1S/C38H48N2O6/c1-7-24-23-39-15-13-26-19-34(42-3)36(44-5)21-30(26)32(39)17-28(24)18-33-31-22-37(45-6)35(43-4)20-27(31)14-16-40(33)38(41)25-9-11-29(12-10-25)46-8-2/h9-12,19-22,24,28,32-33H,7-8,13-18,23H2,1-6H3. The number of hydrogen-bond acceptors (Lipinski definition) is 7. The van der Waals surface area contributed by atoms with Crippen molar-refractivity contribution in [3.05, 3.63) is 76.3 Å². The zero-order valence-electron chi connectivity index (χ0n) is 28.1. The van der Waals surface area contributed by atoms with Crippen molar-refractivity contribution in [3.8, 4) is 28.7 Å².